The summed E-state index contributed by atoms with van der Waals surface area (Å²) in [6.45, 7) is 2.62. The lowest BCUT2D eigenvalue weighted by atomic mass is 10.2. The zero-order valence-corrected chi connectivity index (χ0v) is 19.1. The molecule has 1 fully saturated rings. The van der Waals surface area contributed by atoms with Gasteiger partial charge in [-0.05, 0) is 72.7 Å². The van der Waals surface area contributed by atoms with Crippen LogP contribution in [0.1, 0.15) is 28.8 Å². The van der Waals surface area contributed by atoms with Gasteiger partial charge in [0.2, 0.25) is 5.91 Å². The van der Waals surface area contributed by atoms with Gasteiger partial charge in [0, 0.05) is 23.2 Å². The number of carbonyl (C=O) groups is 2. The van der Waals surface area contributed by atoms with Crippen molar-refractivity contribution < 1.29 is 18.4 Å². The highest BCUT2D eigenvalue weighted by Gasteiger charge is 2.35. The second-order valence-corrected chi connectivity index (χ2v) is 9.20. The summed E-state index contributed by atoms with van der Waals surface area (Å²) >= 11 is 1.57. The molecule has 2 aromatic carbocycles. The Morgan fingerprint density at radius 2 is 1.79 bits per heavy atom. The number of urea groups is 1. The van der Waals surface area contributed by atoms with Gasteiger partial charge in [-0.2, -0.15) is 0 Å². The number of anilines is 1. The molecule has 3 aromatic rings. The Morgan fingerprint density at radius 3 is 2.42 bits per heavy atom. The second kappa shape index (κ2) is 10.1. The Balaban J connectivity index is 1.50. The molecule has 3 amide bonds. The predicted molar refractivity (Wildman–Crippen MR) is 125 cm³/mol. The number of rotatable bonds is 8. The van der Waals surface area contributed by atoms with E-state index in [1.165, 1.54) is 35.2 Å². The fourth-order valence-electron chi connectivity index (χ4n) is 3.54. The molecule has 0 unspecified atom stereocenters. The number of hydrogen-bond donors (Lipinski definition) is 1. The van der Waals surface area contributed by atoms with Crippen LogP contribution >= 0.6 is 11.3 Å². The molecule has 8 heteroatoms. The Kier molecular flexibility index (Phi) is 7.03. The maximum atomic E-state index is 13.5. The van der Waals surface area contributed by atoms with Gasteiger partial charge in [0.25, 0.3) is 0 Å². The predicted octanol–water partition coefficient (Wildman–Crippen LogP) is 5.56. The summed E-state index contributed by atoms with van der Waals surface area (Å²) in [5.74, 6) is -0.980. The van der Waals surface area contributed by atoms with Crippen LogP contribution < -0.4 is 5.32 Å². The Labute approximate surface area is 195 Å². The standard InChI is InChI=1S/C25H25F2N3O2S/c1-17-11-12-33-23(17)15-29(14-18-5-7-19(26)8-6-18)24(31)16-30(22-9-10-22)25(32)28-21-4-2-3-20(27)13-21/h2-8,11-13,22H,9-10,14-16H2,1H3,(H,28,32). The number of hydrogen-bond acceptors (Lipinski definition) is 3. The molecule has 1 aliphatic rings. The third-order valence-electron chi connectivity index (χ3n) is 5.57. The van der Waals surface area contributed by atoms with Crippen molar-refractivity contribution in [1.82, 2.24) is 9.80 Å². The lowest BCUT2D eigenvalue weighted by molar-refractivity contribution is -0.133. The average molecular weight is 470 g/mol. The van der Waals surface area contributed by atoms with Crippen molar-refractivity contribution in [3.05, 3.63) is 87.6 Å². The topological polar surface area (TPSA) is 52.7 Å². The SMILES string of the molecule is Cc1ccsc1CN(Cc1ccc(F)cc1)C(=O)CN(C(=O)Nc1cccc(F)c1)C1CC1. The van der Waals surface area contributed by atoms with Crippen LogP contribution in [0.2, 0.25) is 0 Å². The first kappa shape index (κ1) is 22.9. The van der Waals surface area contributed by atoms with Gasteiger partial charge in [0.15, 0.2) is 0 Å². The van der Waals surface area contributed by atoms with Gasteiger partial charge in [-0.25, -0.2) is 13.6 Å². The largest absolute Gasteiger partial charge is 0.332 e. The molecule has 1 aliphatic carbocycles. The van der Waals surface area contributed by atoms with Crippen LogP contribution in [-0.2, 0) is 17.9 Å². The molecule has 1 saturated carbocycles. The van der Waals surface area contributed by atoms with Crippen molar-refractivity contribution in [3.63, 3.8) is 0 Å². The van der Waals surface area contributed by atoms with Crippen LogP contribution in [0.5, 0.6) is 0 Å². The number of nitrogens with zero attached hydrogens (tertiary/aromatic N) is 2. The number of nitrogens with one attached hydrogen (secondary N) is 1. The van der Waals surface area contributed by atoms with Gasteiger partial charge >= 0.3 is 6.03 Å². The lowest BCUT2D eigenvalue weighted by Crippen LogP contribution is -2.45. The molecule has 172 valence electrons. The maximum Gasteiger partial charge on any atom is 0.322 e. The number of thiophene rings is 1. The van der Waals surface area contributed by atoms with E-state index in [2.05, 4.69) is 5.32 Å². The van der Waals surface area contributed by atoms with Gasteiger partial charge in [0.05, 0.1) is 6.54 Å². The van der Waals surface area contributed by atoms with Crippen molar-refractivity contribution in [2.75, 3.05) is 11.9 Å². The van der Waals surface area contributed by atoms with Gasteiger partial charge in [0.1, 0.15) is 18.2 Å². The monoisotopic (exact) mass is 469 g/mol. The van der Waals surface area contributed by atoms with Crippen LogP contribution in [0.3, 0.4) is 0 Å². The minimum Gasteiger partial charge on any atom is -0.332 e. The first-order valence-electron chi connectivity index (χ1n) is 10.8. The Bertz CT molecular complexity index is 1130. The van der Waals surface area contributed by atoms with Crippen LogP contribution in [0.25, 0.3) is 0 Å². The number of benzene rings is 2. The molecular weight excluding hydrogens is 444 g/mol. The molecule has 0 atom stereocenters. The maximum absolute atomic E-state index is 13.5. The van der Waals surface area contributed by atoms with Gasteiger partial charge in [-0.3, -0.25) is 4.79 Å². The van der Waals surface area contributed by atoms with E-state index in [1.54, 1.807) is 34.4 Å². The van der Waals surface area contributed by atoms with Gasteiger partial charge in [-0.1, -0.05) is 18.2 Å². The van der Waals surface area contributed by atoms with Crippen molar-refractivity contribution in [2.45, 2.75) is 38.9 Å². The summed E-state index contributed by atoms with van der Waals surface area (Å²) in [4.78, 5) is 30.6. The average Bonchev–Trinajstić information content (AvgIpc) is 3.55. The van der Waals surface area contributed by atoms with Gasteiger partial charge < -0.3 is 15.1 Å². The van der Waals surface area contributed by atoms with Crippen LogP contribution in [0, 0.1) is 18.6 Å². The zero-order valence-electron chi connectivity index (χ0n) is 18.3. The fraction of sp³-hybridized carbons (Fsp3) is 0.280. The van der Waals surface area contributed by atoms with E-state index in [0.717, 1.165) is 28.8 Å². The van der Waals surface area contributed by atoms with E-state index in [1.807, 2.05) is 18.4 Å². The summed E-state index contributed by atoms with van der Waals surface area (Å²) in [6, 6.07) is 13.3. The molecule has 33 heavy (non-hydrogen) atoms. The molecule has 1 N–H and O–H groups in total. The van der Waals surface area contributed by atoms with E-state index in [-0.39, 0.29) is 24.3 Å². The third-order valence-corrected chi connectivity index (χ3v) is 6.58. The van der Waals surface area contributed by atoms with Crippen molar-refractivity contribution in [2.24, 2.45) is 0 Å². The number of halogens is 2. The summed E-state index contributed by atoms with van der Waals surface area (Å²) in [7, 11) is 0. The summed E-state index contributed by atoms with van der Waals surface area (Å²) < 4.78 is 26.9. The second-order valence-electron chi connectivity index (χ2n) is 8.20. The molecule has 1 aromatic heterocycles. The van der Waals surface area contributed by atoms with E-state index < -0.39 is 11.8 Å². The summed E-state index contributed by atoms with van der Waals surface area (Å²) in [6.07, 6.45) is 1.65. The van der Waals surface area contributed by atoms with Crippen molar-refractivity contribution in [3.8, 4) is 0 Å². The van der Waals surface area contributed by atoms with E-state index >= 15 is 0 Å². The van der Waals surface area contributed by atoms with Gasteiger partial charge in [-0.15, -0.1) is 11.3 Å². The van der Waals surface area contributed by atoms with Crippen LogP contribution in [0.15, 0.2) is 60.0 Å². The van der Waals surface area contributed by atoms with E-state index in [0.29, 0.717) is 18.8 Å². The van der Waals surface area contributed by atoms with Crippen LogP contribution in [0.4, 0.5) is 19.3 Å². The third kappa shape index (κ3) is 6.16. The quantitative estimate of drug-likeness (QED) is 0.470. The van der Waals surface area contributed by atoms with E-state index in [4.69, 9.17) is 0 Å². The van der Waals surface area contributed by atoms with Crippen molar-refractivity contribution >= 4 is 29.0 Å². The Hall–Kier alpha value is -3.26. The Morgan fingerprint density at radius 1 is 1.03 bits per heavy atom. The molecule has 0 spiro atoms. The fourth-order valence-corrected chi connectivity index (χ4v) is 4.46. The molecule has 4 rings (SSSR count). The van der Waals surface area contributed by atoms with Crippen molar-refractivity contribution in [1.29, 1.82) is 0 Å². The smallest absolute Gasteiger partial charge is 0.322 e. The number of carbonyl (C=O) groups excluding carboxylic acids is 2. The molecular formula is C25H25F2N3O2S. The molecule has 0 radical (unpaired) electrons. The highest BCUT2D eigenvalue weighted by atomic mass is 32.1. The molecule has 0 aliphatic heterocycles. The normalized spacial score (nSPS) is 12.9. The molecule has 0 saturated heterocycles. The van der Waals surface area contributed by atoms with E-state index in [9.17, 15) is 18.4 Å². The summed E-state index contributed by atoms with van der Waals surface area (Å²) in [5.41, 5.74) is 2.25. The number of aryl methyl sites for hydroxylation is 1. The zero-order chi connectivity index (χ0) is 23.4. The number of amides is 3. The minimum atomic E-state index is -0.446. The van der Waals surface area contributed by atoms with Crippen LogP contribution in [-0.4, -0.2) is 34.3 Å². The first-order valence-corrected chi connectivity index (χ1v) is 11.7. The lowest BCUT2D eigenvalue weighted by Gasteiger charge is -2.28. The highest BCUT2D eigenvalue weighted by Crippen LogP contribution is 2.28. The minimum absolute atomic E-state index is 0.0151. The molecule has 0 bridgehead atoms. The summed E-state index contributed by atoms with van der Waals surface area (Å²) in [5, 5.41) is 4.68. The highest BCUT2D eigenvalue weighted by molar-refractivity contribution is 7.10. The molecule has 5 nitrogen and oxygen atoms in total. The first-order chi connectivity index (χ1) is 15.9. The molecule has 1 heterocycles.